The predicted octanol–water partition coefficient (Wildman–Crippen LogP) is -3.80. The number of carbonyl (C=O) groups is 3. The molecule has 1 aliphatic rings. The van der Waals surface area contributed by atoms with Crippen LogP contribution >= 0.6 is 37.2 Å². The second kappa shape index (κ2) is 15.0. The van der Waals surface area contributed by atoms with Crippen molar-refractivity contribution in [2.24, 2.45) is 67.5 Å². The molecule has 15 N–H and O–H groups in total. The fourth-order valence-corrected chi connectivity index (χ4v) is 2.59. The molecule has 0 aromatic carbocycles. The first-order valence-electron chi connectivity index (χ1n) is 7.75. The van der Waals surface area contributed by atoms with Crippen molar-refractivity contribution >= 4 is 72.8 Å². The first-order valence-corrected chi connectivity index (χ1v) is 7.75. The van der Waals surface area contributed by atoms with Crippen molar-refractivity contribution in [1.29, 1.82) is 0 Å². The third-order valence-corrected chi connectivity index (χ3v) is 3.71. The summed E-state index contributed by atoms with van der Waals surface area (Å²) in [6.07, 6.45) is 0.386. The lowest BCUT2D eigenvalue weighted by Gasteiger charge is -2.31. The molecule has 0 aromatic rings. The van der Waals surface area contributed by atoms with E-state index in [-0.39, 0.29) is 74.4 Å². The maximum atomic E-state index is 12.2. The molecule has 0 aliphatic heterocycles. The molecule has 0 bridgehead atoms. The summed E-state index contributed by atoms with van der Waals surface area (Å²) in [6, 6.07) is 0. The van der Waals surface area contributed by atoms with Gasteiger partial charge in [0.1, 0.15) is 0 Å². The van der Waals surface area contributed by atoms with Crippen LogP contribution in [-0.2, 0) is 14.4 Å². The lowest BCUT2D eigenvalue weighted by Crippen LogP contribution is -2.44. The molecule has 1 saturated carbocycles. The molecule has 0 unspecified atom stereocenters. The zero-order valence-corrected chi connectivity index (χ0v) is 18.1. The van der Waals surface area contributed by atoms with Crippen LogP contribution in [0.1, 0.15) is 19.3 Å². The van der Waals surface area contributed by atoms with E-state index < -0.39 is 35.5 Å². The highest BCUT2D eigenvalue weighted by atomic mass is 35.5. The third-order valence-electron chi connectivity index (χ3n) is 3.71. The van der Waals surface area contributed by atoms with Gasteiger partial charge >= 0.3 is 0 Å². The van der Waals surface area contributed by atoms with Gasteiger partial charge in [-0.1, -0.05) is 0 Å². The number of nitrogens with two attached hydrogens (primary N) is 6. The lowest BCUT2D eigenvalue weighted by molar-refractivity contribution is -0.135. The summed E-state index contributed by atoms with van der Waals surface area (Å²) >= 11 is 0. The molecule has 0 spiro atoms. The van der Waals surface area contributed by atoms with Crippen molar-refractivity contribution in [2.45, 2.75) is 19.3 Å². The highest BCUT2D eigenvalue weighted by Gasteiger charge is 2.39. The van der Waals surface area contributed by atoms with Crippen LogP contribution in [0.15, 0.2) is 15.3 Å². The van der Waals surface area contributed by atoms with E-state index in [1.807, 2.05) is 0 Å². The summed E-state index contributed by atoms with van der Waals surface area (Å²) in [5, 5.41) is 10.3. The number of amides is 3. The number of nitrogens with one attached hydrogen (secondary N) is 3. The largest absolute Gasteiger partial charge is 0.369 e. The van der Waals surface area contributed by atoms with Crippen molar-refractivity contribution in [3.63, 3.8) is 0 Å². The van der Waals surface area contributed by atoms with Crippen molar-refractivity contribution in [3.05, 3.63) is 0 Å². The first kappa shape index (κ1) is 31.8. The second-order valence-corrected chi connectivity index (χ2v) is 5.84. The summed E-state index contributed by atoms with van der Waals surface area (Å²) < 4.78 is 0. The summed E-state index contributed by atoms with van der Waals surface area (Å²) in [6.45, 7) is 0. The van der Waals surface area contributed by atoms with Crippen LogP contribution < -0.4 is 50.7 Å². The van der Waals surface area contributed by atoms with Gasteiger partial charge in [0.2, 0.25) is 35.6 Å². The van der Waals surface area contributed by atoms with E-state index >= 15 is 0 Å². The van der Waals surface area contributed by atoms with Crippen molar-refractivity contribution in [1.82, 2.24) is 16.3 Å². The van der Waals surface area contributed by atoms with Crippen molar-refractivity contribution < 1.29 is 14.4 Å². The topological polar surface area (TPSA) is 280 Å². The Kier molecular flexibility index (Phi) is 15.9. The smallest absolute Gasteiger partial charge is 0.243 e. The van der Waals surface area contributed by atoms with Crippen LogP contribution in [0.3, 0.4) is 0 Å². The lowest BCUT2D eigenvalue weighted by atomic mass is 9.74. The summed E-state index contributed by atoms with van der Waals surface area (Å²) in [5.74, 6) is -4.88. The molecule has 1 rings (SSSR count). The van der Waals surface area contributed by atoms with Gasteiger partial charge in [-0.25, -0.2) is 16.3 Å². The average Bonchev–Trinajstić information content (AvgIpc) is 2.61. The number of halogens is 3. The number of hydrogen-bond donors (Lipinski definition) is 9. The fraction of sp³-hybridized carbons (Fsp3) is 0.500. The van der Waals surface area contributed by atoms with Crippen LogP contribution in [0, 0.1) is 17.8 Å². The zero-order valence-electron chi connectivity index (χ0n) is 15.6. The average molecular weight is 494 g/mol. The maximum absolute atomic E-state index is 12.2. The van der Waals surface area contributed by atoms with Gasteiger partial charge < -0.3 is 34.4 Å². The Hall–Kier alpha value is -2.91. The minimum absolute atomic E-state index is 0. The molecule has 15 nitrogen and oxygen atoms in total. The molecule has 3 amide bonds. The Balaban J connectivity index is -0.00000243. The quantitative estimate of drug-likeness (QED) is 0.0993. The first-order chi connectivity index (χ1) is 12.6. The number of hydrogen-bond acceptors (Lipinski definition) is 6. The number of rotatable bonds is 6. The molecule has 1 fully saturated rings. The molecular weight excluding hydrogens is 467 g/mol. The summed E-state index contributed by atoms with van der Waals surface area (Å²) in [5.41, 5.74) is 37.5. The van der Waals surface area contributed by atoms with Crippen molar-refractivity contribution in [3.8, 4) is 0 Å². The van der Waals surface area contributed by atoms with Gasteiger partial charge in [-0.05, 0) is 19.3 Å². The molecule has 18 heteroatoms. The zero-order chi connectivity index (χ0) is 20.6. The fourth-order valence-electron chi connectivity index (χ4n) is 2.59. The molecule has 174 valence electrons. The van der Waals surface area contributed by atoms with E-state index in [9.17, 15) is 14.4 Å². The minimum atomic E-state index is -0.730. The van der Waals surface area contributed by atoms with Gasteiger partial charge in [-0.2, -0.15) is 0 Å². The Morgan fingerprint density at radius 3 is 0.900 bits per heavy atom. The Morgan fingerprint density at radius 1 is 0.533 bits per heavy atom. The molecular formula is C12H27Cl3N12O3. The number of hydrazone groups is 3. The van der Waals surface area contributed by atoms with E-state index in [4.69, 9.17) is 34.4 Å². The molecule has 0 atom stereocenters. The third kappa shape index (κ3) is 11.2. The molecule has 30 heavy (non-hydrogen) atoms. The molecule has 0 heterocycles. The minimum Gasteiger partial charge on any atom is -0.369 e. The SMILES string of the molecule is Cl.Cl.Cl.NC(N)=NNC(=O)C1CC(C(=O)NN=C(N)N)CC(C(=O)NN=C(N)N)C1. The molecule has 0 saturated heterocycles. The van der Waals surface area contributed by atoms with Gasteiger partial charge in [-0.15, -0.1) is 52.5 Å². The van der Waals surface area contributed by atoms with Gasteiger partial charge in [0.15, 0.2) is 0 Å². The Labute approximate surface area is 190 Å². The molecule has 0 aromatic heterocycles. The van der Waals surface area contributed by atoms with E-state index in [0.29, 0.717) is 0 Å². The van der Waals surface area contributed by atoms with Gasteiger partial charge in [0, 0.05) is 17.8 Å². The maximum Gasteiger partial charge on any atom is 0.243 e. The number of nitrogens with zero attached hydrogens (tertiary/aromatic N) is 3. The Morgan fingerprint density at radius 2 is 0.733 bits per heavy atom. The number of guanidine groups is 3. The van der Waals surface area contributed by atoms with Gasteiger partial charge in [0.25, 0.3) is 0 Å². The summed E-state index contributed by atoms with van der Waals surface area (Å²) in [4.78, 5) is 36.7. The van der Waals surface area contributed by atoms with E-state index in [0.717, 1.165) is 0 Å². The highest BCUT2D eigenvalue weighted by molar-refractivity contribution is 5.88. The van der Waals surface area contributed by atoms with Crippen LogP contribution in [-0.4, -0.2) is 35.6 Å². The predicted molar refractivity (Wildman–Crippen MR) is 118 cm³/mol. The van der Waals surface area contributed by atoms with Crippen LogP contribution in [0.2, 0.25) is 0 Å². The van der Waals surface area contributed by atoms with Crippen LogP contribution in [0.4, 0.5) is 0 Å². The monoisotopic (exact) mass is 492 g/mol. The van der Waals surface area contributed by atoms with E-state index in [1.54, 1.807) is 0 Å². The Bertz CT molecular complexity index is 578. The van der Waals surface area contributed by atoms with Crippen LogP contribution in [0.5, 0.6) is 0 Å². The molecule has 1 aliphatic carbocycles. The van der Waals surface area contributed by atoms with Crippen LogP contribution in [0.25, 0.3) is 0 Å². The second-order valence-electron chi connectivity index (χ2n) is 5.84. The molecule has 0 radical (unpaired) electrons. The van der Waals surface area contributed by atoms with Gasteiger partial charge in [0.05, 0.1) is 0 Å². The van der Waals surface area contributed by atoms with Gasteiger partial charge in [-0.3, -0.25) is 14.4 Å². The summed E-state index contributed by atoms with van der Waals surface area (Å²) in [7, 11) is 0. The van der Waals surface area contributed by atoms with E-state index in [1.165, 1.54) is 0 Å². The standard InChI is InChI=1S/C12H24N12O3.3ClH/c13-10(14)22-19-7(25)4-1-5(8(26)20-23-11(15)16)3-6(2-4)9(27)21-24-12(17)18;;;/h4-6H,1-3H2,(H,19,25)(H,20,26)(H,21,27)(H4,13,14,22)(H4,15,16,23)(H4,17,18,24);3*1H. The highest BCUT2D eigenvalue weighted by Crippen LogP contribution is 2.34. The number of carbonyl (C=O) groups excluding carboxylic acids is 3. The van der Waals surface area contributed by atoms with E-state index in [2.05, 4.69) is 31.6 Å². The van der Waals surface area contributed by atoms with Crippen molar-refractivity contribution in [2.75, 3.05) is 0 Å². The normalized spacial score (nSPS) is 19.0.